The average Bonchev–Trinajstić information content (AvgIpc) is 3.26. The molecule has 1 aromatic rings. The summed E-state index contributed by atoms with van der Waals surface area (Å²) in [6.07, 6.45) is 3.40. The number of hydrogen-bond acceptors (Lipinski definition) is 3. The van der Waals surface area contributed by atoms with Crippen LogP contribution < -0.4 is 11.1 Å². The minimum absolute atomic E-state index is 0. The van der Waals surface area contributed by atoms with Crippen molar-refractivity contribution in [3.63, 3.8) is 0 Å². The van der Waals surface area contributed by atoms with Crippen LogP contribution in [-0.2, 0) is 11.2 Å². The molecule has 0 aromatic heterocycles. The molecule has 0 heterocycles. The zero-order valence-electron chi connectivity index (χ0n) is 13.8. The van der Waals surface area contributed by atoms with Gasteiger partial charge in [-0.05, 0) is 50.3 Å². The quantitative estimate of drug-likeness (QED) is 0.810. The molecule has 1 aromatic carbocycles. The largest absolute Gasteiger partial charge is 0.329 e. The number of aryl methyl sites for hydroxylation is 2. The zero-order chi connectivity index (χ0) is 15.4. The number of likely N-dealkylation sites (N-methyl/N-ethyl adjacent to an activating group) is 1. The molecule has 1 amide bonds. The van der Waals surface area contributed by atoms with E-state index in [0.717, 1.165) is 17.7 Å². The fourth-order valence-electron chi connectivity index (χ4n) is 2.94. The van der Waals surface area contributed by atoms with Crippen LogP contribution in [0.3, 0.4) is 0 Å². The first kappa shape index (κ1) is 18.9. The van der Waals surface area contributed by atoms with Crippen LogP contribution in [0.25, 0.3) is 0 Å². The summed E-state index contributed by atoms with van der Waals surface area (Å²) >= 11 is 0. The summed E-state index contributed by atoms with van der Waals surface area (Å²) in [5, 5.41) is 3.08. The van der Waals surface area contributed by atoms with E-state index in [0.29, 0.717) is 25.0 Å². The topological polar surface area (TPSA) is 58.4 Å². The van der Waals surface area contributed by atoms with Crippen LogP contribution in [0.2, 0.25) is 0 Å². The van der Waals surface area contributed by atoms with Crippen LogP contribution in [0, 0.1) is 12.8 Å². The minimum atomic E-state index is 0. The monoisotopic (exact) mass is 325 g/mol. The lowest BCUT2D eigenvalue weighted by Gasteiger charge is -2.26. The second kappa shape index (κ2) is 8.51. The fraction of sp³-hybridized carbons (Fsp3) is 0.588. The van der Waals surface area contributed by atoms with Gasteiger partial charge < -0.3 is 11.1 Å². The molecule has 1 atom stereocenters. The van der Waals surface area contributed by atoms with Crippen molar-refractivity contribution >= 4 is 24.0 Å². The van der Waals surface area contributed by atoms with Gasteiger partial charge in [0.2, 0.25) is 5.91 Å². The highest BCUT2D eigenvalue weighted by Gasteiger charge is 2.33. The van der Waals surface area contributed by atoms with Crippen molar-refractivity contribution in [1.82, 2.24) is 4.90 Å². The standard InChI is InChI=1S/C17H27N3O.ClH/c1-4-13-7-5-6-12(2)17(13)19-16(21)11-20(3)15(10-18)14-8-9-14;/h5-7,14-15H,4,8-11,18H2,1-3H3,(H,19,21);1H. The molecule has 22 heavy (non-hydrogen) atoms. The number of benzene rings is 1. The Morgan fingerprint density at radius 3 is 2.68 bits per heavy atom. The first-order chi connectivity index (χ1) is 10.1. The van der Waals surface area contributed by atoms with E-state index in [2.05, 4.69) is 23.2 Å². The predicted molar refractivity (Wildman–Crippen MR) is 94.6 cm³/mol. The maximum absolute atomic E-state index is 12.3. The van der Waals surface area contributed by atoms with E-state index in [1.807, 2.05) is 26.1 Å². The van der Waals surface area contributed by atoms with E-state index >= 15 is 0 Å². The molecule has 2 rings (SSSR count). The Morgan fingerprint density at radius 1 is 1.45 bits per heavy atom. The number of nitrogens with two attached hydrogens (primary N) is 1. The second-order valence-electron chi connectivity index (χ2n) is 6.07. The molecule has 1 fully saturated rings. The molecule has 1 aliphatic carbocycles. The molecule has 0 aliphatic heterocycles. The van der Waals surface area contributed by atoms with Gasteiger partial charge in [-0.1, -0.05) is 25.1 Å². The molecule has 1 saturated carbocycles. The number of hydrogen-bond donors (Lipinski definition) is 2. The molecular weight excluding hydrogens is 298 g/mol. The summed E-state index contributed by atoms with van der Waals surface area (Å²) in [4.78, 5) is 14.4. The van der Waals surface area contributed by atoms with Gasteiger partial charge >= 0.3 is 0 Å². The Balaban J connectivity index is 0.00000242. The highest BCUT2D eigenvalue weighted by molar-refractivity contribution is 5.93. The molecule has 0 radical (unpaired) electrons. The number of amides is 1. The average molecular weight is 326 g/mol. The third-order valence-corrected chi connectivity index (χ3v) is 4.37. The number of rotatable bonds is 7. The van der Waals surface area contributed by atoms with Crippen molar-refractivity contribution < 1.29 is 4.79 Å². The van der Waals surface area contributed by atoms with E-state index in [4.69, 9.17) is 5.73 Å². The van der Waals surface area contributed by atoms with Gasteiger partial charge in [0.15, 0.2) is 0 Å². The van der Waals surface area contributed by atoms with Crippen LogP contribution in [0.1, 0.15) is 30.9 Å². The SMILES string of the molecule is CCc1cccc(C)c1NC(=O)CN(C)C(CN)C1CC1.Cl. The second-order valence-corrected chi connectivity index (χ2v) is 6.07. The van der Waals surface area contributed by atoms with E-state index in [1.165, 1.54) is 18.4 Å². The van der Waals surface area contributed by atoms with E-state index in [-0.39, 0.29) is 18.3 Å². The first-order valence-electron chi connectivity index (χ1n) is 7.85. The van der Waals surface area contributed by atoms with Gasteiger partial charge in [-0.2, -0.15) is 0 Å². The van der Waals surface area contributed by atoms with Crippen molar-refractivity contribution in [3.8, 4) is 0 Å². The van der Waals surface area contributed by atoms with Crippen molar-refractivity contribution in [2.45, 2.75) is 39.2 Å². The summed E-state index contributed by atoms with van der Waals surface area (Å²) < 4.78 is 0. The number of para-hydroxylation sites is 1. The van der Waals surface area contributed by atoms with Crippen molar-refractivity contribution in [1.29, 1.82) is 0 Å². The smallest absolute Gasteiger partial charge is 0.238 e. The predicted octanol–water partition coefficient (Wildman–Crippen LogP) is 2.59. The number of nitrogens with zero attached hydrogens (tertiary/aromatic N) is 1. The van der Waals surface area contributed by atoms with Crippen LogP contribution in [0.15, 0.2) is 18.2 Å². The Labute approximate surface area is 139 Å². The summed E-state index contributed by atoms with van der Waals surface area (Å²) in [5.41, 5.74) is 9.10. The molecule has 0 spiro atoms. The molecule has 0 saturated heterocycles. The van der Waals surface area contributed by atoms with E-state index in [1.54, 1.807) is 0 Å². The van der Waals surface area contributed by atoms with Crippen LogP contribution >= 0.6 is 12.4 Å². The van der Waals surface area contributed by atoms with Crippen molar-refractivity contribution in [3.05, 3.63) is 29.3 Å². The lowest BCUT2D eigenvalue weighted by molar-refractivity contribution is -0.117. The summed E-state index contributed by atoms with van der Waals surface area (Å²) in [5.74, 6) is 0.720. The number of nitrogens with one attached hydrogen (secondary N) is 1. The summed E-state index contributed by atoms with van der Waals surface area (Å²) in [6.45, 7) is 5.16. The summed E-state index contributed by atoms with van der Waals surface area (Å²) in [6, 6.07) is 6.47. The molecule has 3 N–H and O–H groups in total. The zero-order valence-corrected chi connectivity index (χ0v) is 14.6. The van der Waals surface area contributed by atoms with Gasteiger partial charge in [0, 0.05) is 18.3 Å². The Kier molecular flexibility index (Phi) is 7.33. The van der Waals surface area contributed by atoms with Crippen LogP contribution in [-0.4, -0.2) is 37.0 Å². The fourth-order valence-corrected chi connectivity index (χ4v) is 2.94. The lowest BCUT2D eigenvalue weighted by atomic mass is 10.1. The molecule has 1 aliphatic rings. The maximum atomic E-state index is 12.3. The lowest BCUT2D eigenvalue weighted by Crippen LogP contribution is -2.43. The van der Waals surface area contributed by atoms with Gasteiger partial charge in [0.1, 0.15) is 0 Å². The number of carbonyl (C=O) groups is 1. The molecule has 5 heteroatoms. The van der Waals surface area contributed by atoms with Gasteiger partial charge in [0.25, 0.3) is 0 Å². The number of anilines is 1. The Morgan fingerprint density at radius 2 is 2.14 bits per heavy atom. The van der Waals surface area contributed by atoms with Gasteiger partial charge in [-0.3, -0.25) is 9.69 Å². The first-order valence-corrected chi connectivity index (χ1v) is 7.85. The minimum Gasteiger partial charge on any atom is -0.329 e. The molecule has 1 unspecified atom stereocenters. The van der Waals surface area contributed by atoms with Gasteiger partial charge in [0.05, 0.1) is 6.54 Å². The normalized spacial score (nSPS) is 15.3. The molecular formula is C17H28ClN3O. The van der Waals surface area contributed by atoms with E-state index in [9.17, 15) is 4.79 Å². The Bertz CT molecular complexity index is 503. The number of halogens is 1. The van der Waals surface area contributed by atoms with Gasteiger partial charge in [-0.25, -0.2) is 0 Å². The highest BCUT2D eigenvalue weighted by Crippen LogP contribution is 2.34. The molecule has 124 valence electrons. The summed E-state index contributed by atoms with van der Waals surface area (Å²) in [7, 11) is 1.99. The molecule has 0 bridgehead atoms. The van der Waals surface area contributed by atoms with E-state index < -0.39 is 0 Å². The number of carbonyl (C=O) groups excluding carboxylic acids is 1. The highest BCUT2D eigenvalue weighted by atomic mass is 35.5. The Hall–Kier alpha value is -1.10. The van der Waals surface area contributed by atoms with Gasteiger partial charge in [-0.15, -0.1) is 12.4 Å². The third-order valence-electron chi connectivity index (χ3n) is 4.37. The third kappa shape index (κ3) is 4.70. The molecule has 4 nitrogen and oxygen atoms in total. The van der Waals surface area contributed by atoms with Crippen molar-refractivity contribution in [2.24, 2.45) is 11.7 Å². The van der Waals surface area contributed by atoms with Crippen LogP contribution in [0.5, 0.6) is 0 Å². The van der Waals surface area contributed by atoms with Crippen molar-refractivity contribution in [2.75, 3.05) is 25.5 Å². The maximum Gasteiger partial charge on any atom is 0.238 e. The van der Waals surface area contributed by atoms with Crippen LogP contribution in [0.4, 0.5) is 5.69 Å².